The van der Waals surface area contributed by atoms with Gasteiger partial charge in [-0.3, -0.25) is 9.59 Å². The Morgan fingerprint density at radius 2 is 1.82 bits per heavy atom. The van der Waals surface area contributed by atoms with Crippen molar-refractivity contribution in [1.29, 1.82) is 0 Å². The smallest absolute Gasteiger partial charge is 0.303 e. The first-order valence-electron chi connectivity index (χ1n) is 6.55. The molecule has 4 nitrogen and oxygen atoms in total. The summed E-state index contributed by atoms with van der Waals surface area (Å²) < 4.78 is 0. The van der Waals surface area contributed by atoms with E-state index in [-0.39, 0.29) is 12.3 Å². The predicted molar refractivity (Wildman–Crippen MR) is 65.7 cm³/mol. The van der Waals surface area contributed by atoms with Crippen LogP contribution in [0, 0.1) is 5.92 Å². The molecule has 1 N–H and O–H groups in total. The molecule has 0 radical (unpaired) electrons. The molecule has 17 heavy (non-hydrogen) atoms. The molecule has 1 rings (SSSR count). The molecule has 1 aliphatic rings. The summed E-state index contributed by atoms with van der Waals surface area (Å²) in [6.07, 6.45) is 7.24. The Morgan fingerprint density at radius 3 is 2.41 bits per heavy atom. The van der Waals surface area contributed by atoms with Crippen molar-refractivity contribution in [3.8, 4) is 0 Å². The van der Waals surface area contributed by atoms with Crippen LogP contribution in [0.2, 0.25) is 0 Å². The van der Waals surface area contributed by atoms with E-state index in [1.165, 1.54) is 32.1 Å². The summed E-state index contributed by atoms with van der Waals surface area (Å²) in [6.45, 7) is 0.839. The maximum absolute atomic E-state index is 11.7. The molecule has 1 aliphatic carbocycles. The fraction of sp³-hybridized carbons (Fsp3) is 0.846. The maximum atomic E-state index is 11.7. The highest BCUT2D eigenvalue weighted by Crippen LogP contribution is 2.24. The van der Waals surface area contributed by atoms with Crippen LogP contribution in [0.5, 0.6) is 0 Å². The zero-order valence-corrected chi connectivity index (χ0v) is 10.7. The van der Waals surface area contributed by atoms with Crippen molar-refractivity contribution >= 4 is 11.9 Å². The number of rotatable bonds is 6. The summed E-state index contributed by atoms with van der Waals surface area (Å²) >= 11 is 0. The van der Waals surface area contributed by atoms with Gasteiger partial charge in [0.05, 0.1) is 0 Å². The highest BCUT2D eigenvalue weighted by Gasteiger charge is 2.18. The Morgan fingerprint density at radius 1 is 1.18 bits per heavy atom. The molecule has 0 aromatic rings. The molecule has 98 valence electrons. The molecule has 0 spiro atoms. The van der Waals surface area contributed by atoms with E-state index in [2.05, 4.69) is 0 Å². The molecular formula is C13H23NO3. The monoisotopic (exact) mass is 241 g/mol. The average Bonchev–Trinajstić information content (AvgIpc) is 2.29. The van der Waals surface area contributed by atoms with Gasteiger partial charge in [0.15, 0.2) is 0 Å². The highest BCUT2D eigenvalue weighted by molar-refractivity contribution is 5.76. The lowest BCUT2D eigenvalue weighted by Gasteiger charge is -2.27. The zero-order valence-electron chi connectivity index (χ0n) is 10.7. The second kappa shape index (κ2) is 7.30. The number of aliphatic carboxylic acids is 1. The van der Waals surface area contributed by atoms with E-state index >= 15 is 0 Å². The Labute approximate surface area is 103 Å². The third kappa shape index (κ3) is 5.71. The summed E-state index contributed by atoms with van der Waals surface area (Å²) in [7, 11) is 1.83. The number of amides is 1. The Balaban J connectivity index is 2.18. The van der Waals surface area contributed by atoms with Gasteiger partial charge < -0.3 is 10.0 Å². The van der Waals surface area contributed by atoms with Gasteiger partial charge in [-0.2, -0.15) is 0 Å². The minimum Gasteiger partial charge on any atom is -0.481 e. The summed E-state index contributed by atoms with van der Waals surface area (Å²) in [5.41, 5.74) is 0. The van der Waals surface area contributed by atoms with Gasteiger partial charge in [0.25, 0.3) is 0 Å². The van der Waals surface area contributed by atoms with E-state index in [0.29, 0.717) is 18.8 Å². The third-order valence-electron chi connectivity index (χ3n) is 3.46. The third-order valence-corrected chi connectivity index (χ3v) is 3.46. The van der Waals surface area contributed by atoms with Crippen molar-refractivity contribution in [2.75, 3.05) is 13.6 Å². The number of carboxylic acid groups (broad SMARTS) is 1. The average molecular weight is 241 g/mol. The van der Waals surface area contributed by atoms with Crippen molar-refractivity contribution in [3.05, 3.63) is 0 Å². The molecular weight excluding hydrogens is 218 g/mol. The Bertz CT molecular complexity index is 259. The standard InChI is InChI=1S/C13H23NO3/c1-14(10-11-6-3-2-4-7-11)12(15)8-5-9-13(16)17/h11H,2-10H2,1H3,(H,16,17). The lowest BCUT2D eigenvalue weighted by atomic mass is 9.89. The number of carbonyl (C=O) groups is 2. The normalized spacial score (nSPS) is 16.8. The summed E-state index contributed by atoms with van der Waals surface area (Å²) in [5, 5.41) is 8.50. The van der Waals surface area contributed by atoms with E-state index in [1.54, 1.807) is 4.90 Å². The van der Waals surface area contributed by atoms with Crippen LogP contribution < -0.4 is 0 Å². The molecule has 0 unspecified atom stereocenters. The van der Waals surface area contributed by atoms with Crippen LogP contribution in [0.15, 0.2) is 0 Å². The second-order valence-corrected chi connectivity index (χ2v) is 5.03. The van der Waals surface area contributed by atoms with E-state index in [0.717, 1.165) is 6.54 Å². The first kappa shape index (κ1) is 14.0. The van der Waals surface area contributed by atoms with Crippen LogP contribution in [0.1, 0.15) is 51.4 Å². The number of hydrogen-bond donors (Lipinski definition) is 1. The molecule has 0 saturated heterocycles. The molecule has 0 bridgehead atoms. The van der Waals surface area contributed by atoms with Gasteiger partial charge in [0, 0.05) is 26.4 Å². The van der Waals surface area contributed by atoms with Gasteiger partial charge >= 0.3 is 5.97 Å². The van der Waals surface area contributed by atoms with E-state index < -0.39 is 5.97 Å². The van der Waals surface area contributed by atoms with Crippen molar-refractivity contribution in [3.63, 3.8) is 0 Å². The van der Waals surface area contributed by atoms with Crippen molar-refractivity contribution in [2.24, 2.45) is 5.92 Å². The van der Waals surface area contributed by atoms with Crippen molar-refractivity contribution in [1.82, 2.24) is 4.90 Å². The van der Waals surface area contributed by atoms with Gasteiger partial charge in [-0.25, -0.2) is 0 Å². The molecule has 4 heteroatoms. The van der Waals surface area contributed by atoms with Crippen molar-refractivity contribution in [2.45, 2.75) is 51.4 Å². The van der Waals surface area contributed by atoms with Gasteiger partial charge in [0.1, 0.15) is 0 Å². The Kier molecular flexibility index (Phi) is 6.01. The van der Waals surface area contributed by atoms with Crippen LogP contribution in [0.25, 0.3) is 0 Å². The summed E-state index contributed by atoms with van der Waals surface area (Å²) in [5.74, 6) is -0.0956. The lowest BCUT2D eigenvalue weighted by molar-refractivity contribution is -0.137. The predicted octanol–water partition coefficient (Wildman–Crippen LogP) is 2.28. The first-order chi connectivity index (χ1) is 8.09. The molecule has 1 amide bonds. The fourth-order valence-electron chi connectivity index (χ4n) is 2.44. The largest absolute Gasteiger partial charge is 0.481 e. The maximum Gasteiger partial charge on any atom is 0.303 e. The minimum absolute atomic E-state index is 0.0804. The zero-order chi connectivity index (χ0) is 12.7. The summed E-state index contributed by atoms with van der Waals surface area (Å²) in [6, 6.07) is 0. The molecule has 0 aromatic heterocycles. The van der Waals surface area contributed by atoms with Gasteiger partial charge in [-0.05, 0) is 25.2 Å². The molecule has 0 aliphatic heterocycles. The molecule has 1 saturated carbocycles. The van der Waals surface area contributed by atoms with E-state index in [1.807, 2.05) is 7.05 Å². The fourth-order valence-corrected chi connectivity index (χ4v) is 2.44. The van der Waals surface area contributed by atoms with Crippen LogP contribution in [0.4, 0.5) is 0 Å². The summed E-state index contributed by atoms with van der Waals surface area (Å²) in [4.78, 5) is 23.8. The van der Waals surface area contributed by atoms with E-state index in [4.69, 9.17) is 5.11 Å². The first-order valence-corrected chi connectivity index (χ1v) is 6.55. The van der Waals surface area contributed by atoms with Crippen LogP contribution >= 0.6 is 0 Å². The lowest BCUT2D eigenvalue weighted by Crippen LogP contribution is -2.32. The number of hydrogen-bond acceptors (Lipinski definition) is 2. The van der Waals surface area contributed by atoms with Gasteiger partial charge in [0.2, 0.25) is 5.91 Å². The number of carbonyl (C=O) groups excluding carboxylic acids is 1. The number of carboxylic acids is 1. The molecule has 1 fully saturated rings. The van der Waals surface area contributed by atoms with Crippen LogP contribution in [-0.2, 0) is 9.59 Å². The van der Waals surface area contributed by atoms with E-state index in [9.17, 15) is 9.59 Å². The molecule has 0 atom stereocenters. The van der Waals surface area contributed by atoms with Gasteiger partial charge in [-0.15, -0.1) is 0 Å². The minimum atomic E-state index is -0.826. The topological polar surface area (TPSA) is 57.6 Å². The van der Waals surface area contributed by atoms with Crippen LogP contribution in [-0.4, -0.2) is 35.5 Å². The molecule has 0 heterocycles. The second-order valence-electron chi connectivity index (χ2n) is 5.03. The van der Waals surface area contributed by atoms with Crippen molar-refractivity contribution < 1.29 is 14.7 Å². The quantitative estimate of drug-likeness (QED) is 0.776. The number of nitrogens with zero attached hydrogens (tertiary/aromatic N) is 1. The highest BCUT2D eigenvalue weighted by atomic mass is 16.4. The Hall–Kier alpha value is -1.06. The van der Waals surface area contributed by atoms with Crippen LogP contribution in [0.3, 0.4) is 0 Å². The van der Waals surface area contributed by atoms with Gasteiger partial charge in [-0.1, -0.05) is 19.3 Å². The SMILES string of the molecule is CN(CC1CCCCC1)C(=O)CCCC(=O)O. The molecule has 0 aromatic carbocycles.